The normalized spacial score (nSPS) is 10.5. The Hall–Kier alpha value is -3.12. The molecule has 122 valence electrons. The highest BCUT2D eigenvalue weighted by Crippen LogP contribution is 2.19. The Kier molecular flexibility index (Phi) is 4.58. The molecule has 0 aliphatic rings. The van der Waals surface area contributed by atoms with Gasteiger partial charge in [0.2, 0.25) is 11.8 Å². The molecule has 0 saturated carbocycles. The van der Waals surface area contributed by atoms with Crippen molar-refractivity contribution in [2.45, 2.75) is 12.8 Å². The molecule has 6 nitrogen and oxygen atoms in total. The van der Waals surface area contributed by atoms with Crippen LogP contribution >= 0.6 is 0 Å². The van der Waals surface area contributed by atoms with E-state index >= 15 is 0 Å². The van der Waals surface area contributed by atoms with Crippen LogP contribution in [0.15, 0.2) is 54.7 Å². The second-order valence-corrected chi connectivity index (χ2v) is 5.50. The molecule has 0 aliphatic heterocycles. The molecule has 1 aromatic heterocycles. The van der Waals surface area contributed by atoms with Gasteiger partial charge in [0, 0.05) is 22.8 Å². The zero-order valence-corrected chi connectivity index (χ0v) is 12.9. The topological polar surface area (TPSA) is 94.2 Å². The molecule has 0 atom stereocenters. The highest BCUT2D eigenvalue weighted by atomic mass is 16.5. The van der Waals surface area contributed by atoms with Gasteiger partial charge in [0.15, 0.2) is 0 Å². The summed E-state index contributed by atoms with van der Waals surface area (Å²) in [6.45, 7) is 0. The van der Waals surface area contributed by atoms with Crippen molar-refractivity contribution in [2.24, 2.45) is 0 Å². The summed E-state index contributed by atoms with van der Waals surface area (Å²) < 4.78 is 0. The first kappa shape index (κ1) is 15.8. The van der Waals surface area contributed by atoms with E-state index in [0.717, 1.165) is 16.5 Å². The lowest BCUT2D eigenvalue weighted by Crippen LogP contribution is -2.20. The number of H-pyrrole nitrogens is 1. The standard InChI is InChI=1S/C18H17N3O3/c22-17(10-13-11-19-16-7-2-1-6-15(13)16)20-14-5-3-4-12(8-14)9-18(23)21-24/h1-8,11,19,24H,9-10H2,(H,20,22)(H,21,23). The predicted octanol–water partition coefficient (Wildman–Crippen LogP) is 2.40. The molecule has 4 N–H and O–H groups in total. The summed E-state index contributed by atoms with van der Waals surface area (Å²) in [5.74, 6) is -0.638. The van der Waals surface area contributed by atoms with Gasteiger partial charge in [-0.15, -0.1) is 0 Å². The number of anilines is 1. The van der Waals surface area contributed by atoms with Crippen LogP contribution in [0.1, 0.15) is 11.1 Å². The van der Waals surface area contributed by atoms with Crippen molar-refractivity contribution < 1.29 is 14.8 Å². The number of hydroxylamine groups is 1. The number of amides is 2. The van der Waals surface area contributed by atoms with Gasteiger partial charge in [-0.2, -0.15) is 0 Å². The van der Waals surface area contributed by atoms with Gasteiger partial charge in [-0.25, -0.2) is 5.48 Å². The van der Waals surface area contributed by atoms with Gasteiger partial charge < -0.3 is 10.3 Å². The Balaban J connectivity index is 1.68. The molecule has 3 rings (SSSR count). The fourth-order valence-corrected chi connectivity index (χ4v) is 2.64. The number of aromatic nitrogens is 1. The van der Waals surface area contributed by atoms with Crippen molar-refractivity contribution in [1.82, 2.24) is 10.5 Å². The largest absolute Gasteiger partial charge is 0.361 e. The summed E-state index contributed by atoms with van der Waals surface area (Å²) in [5, 5.41) is 12.4. The number of carbonyl (C=O) groups is 2. The molecule has 3 aromatic rings. The minimum atomic E-state index is -0.503. The fourth-order valence-electron chi connectivity index (χ4n) is 2.64. The average Bonchev–Trinajstić information content (AvgIpc) is 2.98. The third kappa shape index (κ3) is 3.61. The Labute approximate surface area is 138 Å². The fraction of sp³-hybridized carbons (Fsp3) is 0.111. The van der Waals surface area contributed by atoms with E-state index in [2.05, 4.69) is 10.3 Å². The highest BCUT2D eigenvalue weighted by molar-refractivity contribution is 5.95. The van der Waals surface area contributed by atoms with Crippen LogP contribution in [0.25, 0.3) is 10.9 Å². The smallest absolute Gasteiger partial charge is 0.247 e. The number of fused-ring (bicyclic) bond motifs is 1. The van der Waals surface area contributed by atoms with Gasteiger partial charge >= 0.3 is 0 Å². The predicted molar refractivity (Wildman–Crippen MR) is 90.7 cm³/mol. The lowest BCUT2D eigenvalue weighted by molar-refractivity contribution is -0.128. The zero-order chi connectivity index (χ0) is 16.9. The van der Waals surface area contributed by atoms with Crippen molar-refractivity contribution in [3.63, 3.8) is 0 Å². The van der Waals surface area contributed by atoms with Gasteiger partial charge in [0.25, 0.3) is 0 Å². The summed E-state index contributed by atoms with van der Waals surface area (Å²) in [4.78, 5) is 26.6. The van der Waals surface area contributed by atoms with Crippen molar-refractivity contribution in [3.05, 3.63) is 65.9 Å². The third-order valence-electron chi connectivity index (χ3n) is 3.73. The van der Waals surface area contributed by atoms with Crippen LogP contribution in [0.2, 0.25) is 0 Å². The van der Waals surface area contributed by atoms with E-state index in [0.29, 0.717) is 11.3 Å². The maximum atomic E-state index is 12.3. The first-order valence-electron chi connectivity index (χ1n) is 7.52. The van der Waals surface area contributed by atoms with E-state index in [-0.39, 0.29) is 18.7 Å². The average molecular weight is 323 g/mol. The molecule has 0 unspecified atom stereocenters. The molecule has 0 aliphatic carbocycles. The Morgan fingerprint density at radius 1 is 1.00 bits per heavy atom. The number of aromatic amines is 1. The number of nitrogens with one attached hydrogen (secondary N) is 3. The van der Waals surface area contributed by atoms with E-state index in [4.69, 9.17) is 5.21 Å². The maximum Gasteiger partial charge on any atom is 0.247 e. The summed E-state index contributed by atoms with van der Waals surface area (Å²) in [6, 6.07) is 14.8. The summed E-state index contributed by atoms with van der Waals surface area (Å²) in [7, 11) is 0. The summed E-state index contributed by atoms with van der Waals surface area (Å²) in [5.41, 5.74) is 4.83. The monoisotopic (exact) mass is 323 g/mol. The summed E-state index contributed by atoms with van der Waals surface area (Å²) >= 11 is 0. The lowest BCUT2D eigenvalue weighted by atomic mass is 10.1. The van der Waals surface area contributed by atoms with Gasteiger partial charge in [0.05, 0.1) is 12.8 Å². The van der Waals surface area contributed by atoms with Crippen LogP contribution in [0.4, 0.5) is 5.69 Å². The van der Waals surface area contributed by atoms with Gasteiger partial charge in [0.1, 0.15) is 0 Å². The van der Waals surface area contributed by atoms with Gasteiger partial charge in [-0.1, -0.05) is 30.3 Å². The van der Waals surface area contributed by atoms with Crippen LogP contribution < -0.4 is 10.8 Å². The molecule has 6 heteroatoms. The van der Waals surface area contributed by atoms with E-state index in [1.165, 1.54) is 0 Å². The molecular weight excluding hydrogens is 306 g/mol. The third-order valence-corrected chi connectivity index (χ3v) is 3.73. The molecule has 0 fully saturated rings. The molecule has 0 saturated heterocycles. The van der Waals surface area contributed by atoms with Crippen LogP contribution in [0, 0.1) is 0 Å². The second kappa shape index (κ2) is 6.97. The maximum absolute atomic E-state index is 12.3. The molecule has 0 bridgehead atoms. The van der Waals surface area contributed by atoms with Crippen LogP contribution in [0.3, 0.4) is 0 Å². The van der Waals surface area contributed by atoms with E-state index in [9.17, 15) is 9.59 Å². The molecule has 0 spiro atoms. The van der Waals surface area contributed by atoms with Gasteiger partial charge in [-0.3, -0.25) is 14.8 Å². The number of benzene rings is 2. The van der Waals surface area contributed by atoms with Crippen molar-refractivity contribution in [3.8, 4) is 0 Å². The molecule has 1 heterocycles. The number of hydrogen-bond acceptors (Lipinski definition) is 3. The van der Waals surface area contributed by atoms with Crippen LogP contribution in [-0.4, -0.2) is 22.0 Å². The van der Waals surface area contributed by atoms with E-state index in [1.807, 2.05) is 30.5 Å². The van der Waals surface area contributed by atoms with E-state index < -0.39 is 5.91 Å². The number of carbonyl (C=O) groups excluding carboxylic acids is 2. The van der Waals surface area contributed by atoms with Gasteiger partial charge in [-0.05, 0) is 29.3 Å². The molecule has 2 aromatic carbocycles. The first-order chi connectivity index (χ1) is 11.7. The SMILES string of the molecule is O=C(Cc1cccc(NC(=O)Cc2c[nH]c3ccccc23)c1)NO. The van der Waals surface area contributed by atoms with Crippen LogP contribution in [-0.2, 0) is 22.4 Å². The Bertz CT molecular complexity index is 886. The summed E-state index contributed by atoms with van der Waals surface area (Å²) in [6.07, 6.45) is 2.14. The lowest BCUT2D eigenvalue weighted by Gasteiger charge is -2.07. The molecule has 24 heavy (non-hydrogen) atoms. The number of para-hydroxylation sites is 1. The minimum Gasteiger partial charge on any atom is -0.361 e. The second-order valence-electron chi connectivity index (χ2n) is 5.50. The molecule has 0 radical (unpaired) electrons. The van der Waals surface area contributed by atoms with Crippen molar-refractivity contribution >= 4 is 28.4 Å². The van der Waals surface area contributed by atoms with E-state index in [1.54, 1.807) is 29.7 Å². The molecular formula is C18H17N3O3. The van der Waals surface area contributed by atoms with Crippen molar-refractivity contribution in [2.75, 3.05) is 5.32 Å². The quantitative estimate of drug-likeness (QED) is 0.429. The number of hydrogen-bond donors (Lipinski definition) is 4. The highest BCUT2D eigenvalue weighted by Gasteiger charge is 2.09. The Morgan fingerprint density at radius 2 is 1.83 bits per heavy atom. The molecule has 2 amide bonds. The Morgan fingerprint density at radius 3 is 2.67 bits per heavy atom. The first-order valence-corrected chi connectivity index (χ1v) is 7.52. The van der Waals surface area contributed by atoms with Crippen molar-refractivity contribution in [1.29, 1.82) is 0 Å². The minimum absolute atomic E-state index is 0.0443. The number of rotatable bonds is 5. The zero-order valence-electron chi connectivity index (χ0n) is 12.9. The van der Waals surface area contributed by atoms with Crippen LogP contribution in [0.5, 0.6) is 0 Å².